The van der Waals surface area contributed by atoms with Crippen LogP contribution in [-0.2, 0) is 32.2 Å². The number of ether oxygens (including phenoxy) is 2. The molecule has 0 fully saturated rings. The number of hydrogen-bond donors (Lipinski definition) is 0. The van der Waals surface area contributed by atoms with E-state index in [0.29, 0.717) is 50.7 Å². The van der Waals surface area contributed by atoms with E-state index in [1.165, 1.54) is 4.90 Å². The predicted molar refractivity (Wildman–Crippen MR) is 158 cm³/mol. The summed E-state index contributed by atoms with van der Waals surface area (Å²) >= 11 is 6.78. The van der Waals surface area contributed by atoms with Gasteiger partial charge in [-0.15, -0.1) is 0 Å². The maximum absolute atomic E-state index is 13.6. The lowest BCUT2D eigenvalue weighted by atomic mass is 9.95. The van der Waals surface area contributed by atoms with Gasteiger partial charge in [-0.2, -0.15) is 0 Å². The standard InChI is InChI=1S/C29H29Br2N3O4/c1-32-28(35)26(22-18-33(12-16-37-14-10-30)24-8-4-2-6-20(22)24)27(29(32)36)23-19-34(13-17-38-15-11-31)25-9-5-3-7-21(23)25/h2-9,18-19H,10-17H2,1H3. The number of carbonyl (C=O) groups excluding carboxylic acids is 2. The molecule has 0 bridgehead atoms. The number of benzene rings is 2. The first-order chi connectivity index (χ1) is 18.6. The van der Waals surface area contributed by atoms with Crippen molar-refractivity contribution in [2.45, 2.75) is 13.1 Å². The third-order valence-electron chi connectivity index (χ3n) is 6.80. The van der Waals surface area contributed by atoms with Gasteiger partial charge in [0.05, 0.1) is 37.6 Å². The Balaban J connectivity index is 1.65. The van der Waals surface area contributed by atoms with E-state index in [4.69, 9.17) is 9.47 Å². The highest BCUT2D eigenvalue weighted by molar-refractivity contribution is 9.09. The molecule has 0 atom stereocenters. The highest BCUT2D eigenvalue weighted by Crippen LogP contribution is 2.41. The topological polar surface area (TPSA) is 65.7 Å². The minimum Gasteiger partial charge on any atom is -0.379 e. The number of aromatic nitrogens is 2. The summed E-state index contributed by atoms with van der Waals surface area (Å²) in [6, 6.07) is 16.0. The van der Waals surface area contributed by atoms with Gasteiger partial charge in [0, 0.05) is 76.1 Å². The Morgan fingerprint density at radius 3 is 1.50 bits per heavy atom. The van der Waals surface area contributed by atoms with Crippen molar-refractivity contribution in [2.75, 3.05) is 44.1 Å². The number of nitrogens with zero attached hydrogens (tertiary/aromatic N) is 3. The van der Waals surface area contributed by atoms with E-state index in [1.807, 2.05) is 60.9 Å². The molecule has 2 aromatic carbocycles. The molecule has 198 valence electrons. The first-order valence-electron chi connectivity index (χ1n) is 12.6. The zero-order valence-electron chi connectivity index (χ0n) is 21.2. The normalized spacial score (nSPS) is 14.1. The van der Waals surface area contributed by atoms with Crippen LogP contribution < -0.4 is 0 Å². The molecule has 0 spiro atoms. The van der Waals surface area contributed by atoms with Crippen molar-refractivity contribution in [3.8, 4) is 0 Å². The Labute approximate surface area is 238 Å². The third kappa shape index (κ3) is 5.00. The van der Waals surface area contributed by atoms with Gasteiger partial charge in [-0.25, -0.2) is 0 Å². The molecule has 0 saturated heterocycles. The number of alkyl halides is 2. The first kappa shape index (κ1) is 26.9. The van der Waals surface area contributed by atoms with Crippen molar-refractivity contribution < 1.29 is 19.1 Å². The molecule has 9 heteroatoms. The quantitative estimate of drug-likeness (QED) is 0.119. The Morgan fingerprint density at radius 1 is 0.658 bits per heavy atom. The number of para-hydroxylation sites is 2. The molecule has 5 rings (SSSR count). The molecule has 1 aliphatic heterocycles. The monoisotopic (exact) mass is 641 g/mol. The van der Waals surface area contributed by atoms with E-state index in [9.17, 15) is 9.59 Å². The van der Waals surface area contributed by atoms with E-state index in [2.05, 4.69) is 41.0 Å². The molecular formula is C29H29Br2N3O4. The maximum atomic E-state index is 13.6. The smallest absolute Gasteiger partial charge is 0.261 e. The van der Waals surface area contributed by atoms with Crippen LogP contribution in [0.25, 0.3) is 33.0 Å². The summed E-state index contributed by atoms with van der Waals surface area (Å²) in [5, 5.41) is 3.42. The van der Waals surface area contributed by atoms with Crippen molar-refractivity contribution in [1.82, 2.24) is 14.0 Å². The minimum atomic E-state index is -0.291. The van der Waals surface area contributed by atoms with Crippen LogP contribution in [0.5, 0.6) is 0 Å². The van der Waals surface area contributed by atoms with E-state index in [0.717, 1.165) is 43.6 Å². The summed E-state index contributed by atoms with van der Waals surface area (Å²) in [6.07, 6.45) is 3.96. The predicted octanol–water partition coefficient (Wildman–Crippen LogP) is 5.33. The average molecular weight is 643 g/mol. The van der Waals surface area contributed by atoms with Gasteiger partial charge in [-0.1, -0.05) is 68.3 Å². The van der Waals surface area contributed by atoms with Gasteiger partial charge < -0.3 is 18.6 Å². The fourth-order valence-electron chi connectivity index (χ4n) is 5.04. The number of likely N-dealkylation sites (N-methyl/N-ethyl adjacent to an activating group) is 1. The first-order valence-corrected chi connectivity index (χ1v) is 14.8. The number of imide groups is 1. The van der Waals surface area contributed by atoms with Gasteiger partial charge in [0.1, 0.15) is 0 Å². The number of halogens is 2. The van der Waals surface area contributed by atoms with Crippen molar-refractivity contribution >= 4 is 76.6 Å². The average Bonchev–Trinajstić information content (AvgIpc) is 3.55. The molecule has 7 nitrogen and oxygen atoms in total. The second-order valence-corrected chi connectivity index (χ2v) is 10.6. The molecule has 4 aromatic rings. The number of rotatable bonds is 12. The molecule has 0 unspecified atom stereocenters. The lowest BCUT2D eigenvalue weighted by Gasteiger charge is -2.06. The summed E-state index contributed by atoms with van der Waals surface area (Å²) < 4.78 is 15.6. The van der Waals surface area contributed by atoms with E-state index >= 15 is 0 Å². The summed E-state index contributed by atoms with van der Waals surface area (Å²) in [5.74, 6) is -0.582. The number of amides is 2. The van der Waals surface area contributed by atoms with Gasteiger partial charge in [0.2, 0.25) is 0 Å². The molecule has 2 aromatic heterocycles. The van der Waals surface area contributed by atoms with E-state index in [-0.39, 0.29) is 11.8 Å². The summed E-state index contributed by atoms with van der Waals surface area (Å²) in [5.41, 5.74) is 4.39. The summed E-state index contributed by atoms with van der Waals surface area (Å²) in [7, 11) is 1.55. The van der Waals surface area contributed by atoms with Crippen LogP contribution in [0.2, 0.25) is 0 Å². The van der Waals surface area contributed by atoms with Crippen LogP contribution in [0.4, 0.5) is 0 Å². The highest BCUT2D eigenvalue weighted by atomic mass is 79.9. The highest BCUT2D eigenvalue weighted by Gasteiger charge is 2.39. The van der Waals surface area contributed by atoms with Crippen molar-refractivity contribution in [2.24, 2.45) is 0 Å². The Hall–Kier alpha value is -2.72. The number of carbonyl (C=O) groups is 2. The number of hydrogen-bond acceptors (Lipinski definition) is 4. The fourth-order valence-corrected chi connectivity index (χ4v) is 5.50. The summed E-state index contributed by atoms with van der Waals surface area (Å²) in [6.45, 7) is 3.64. The molecule has 0 N–H and O–H groups in total. The van der Waals surface area contributed by atoms with E-state index < -0.39 is 0 Å². The zero-order valence-corrected chi connectivity index (χ0v) is 24.3. The SMILES string of the molecule is CN1C(=O)C(c2cn(CCOCCBr)c3ccccc23)=C(c2cn(CCOCCBr)c3ccccc23)C1=O. The zero-order chi connectivity index (χ0) is 26.6. The van der Waals surface area contributed by atoms with Crippen molar-refractivity contribution in [3.05, 3.63) is 72.1 Å². The second-order valence-electron chi connectivity index (χ2n) is 9.03. The summed E-state index contributed by atoms with van der Waals surface area (Å²) in [4.78, 5) is 28.5. The Morgan fingerprint density at radius 2 is 1.08 bits per heavy atom. The molecule has 1 aliphatic rings. The molecule has 2 amide bonds. The van der Waals surface area contributed by atoms with Crippen LogP contribution in [0.1, 0.15) is 11.1 Å². The molecule has 3 heterocycles. The van der Waals surface area contributed by atoms with E-state index in [1.54, 1.807) is 7.05 Å². The van der Waals surface area contributed by atoms with Crippen LogP contribution in [-0.4, -0.2) is 70.0 Å². The Kier molecular flexibility index (Phi) is 8.48. The molecule has 0 aliphatic carbocycles. The van der Waals surface area contributed by atoms with Crippen molar-refractivity contribution in [1.29, 1.82) is 0 Å². The van der Waals surface area contributed by atoms with Crippen LogP contribution in [0, 0.1) is 0 Å². The molecular weight excluding hydrogens is 614 g/mol. The molecule has 0 saturated carbocycles. The van der Waals surface area contributed by atoms with Crippen LogP contribution in [0.3, 0.4) is 0 Å². The lowest BCUT2D eigenvalue weighted by molar-refractivity contribution is -0.134. The number of fused-ring (bicyclic) bond motifs is 2. The fraction of sp³-hybridized carbons (Fsp3) is 0.310. The minimum absolute atomic E-state index is 0.291. The molecule has 0 radical (unpaired) electrons. The molecule has 38 heavy (non-hydrogen) atoms. The Bertz CT molecular complexity index is 1410. The lowest BCUT2D eigenvalue weighted by Crippen LogP contribution is -2.26. The van der Waals surface area contributed by atoms with Gasteiger partial charge in [0.25, 0.3) is 11.8 Å². The second kappa shape index (κ2) is 12.0. The largest absolute Gasteiger partial charge is 0.379 e. The maximum Gasteiger partial charge on any atom is 0.261 e. The van der Waals surface area contributed by atoms with Crippen LogP contribution >= 0.6 is 31.9 Å². The van der Waals surface area contributed by atoms with Gasteiger partial charge in [0.15, 0.2) is 0 Å². The third-order valence-corrected chi connectivity index (χ3v) is 7.45. The van der Waals surface area contributed by atoms with Crippen molar-refractivity contribution in [3.63, 3.8) is 0 Å². The van der Waals surface area contributed by atoms with Gasteiger partial charge in [-0.05, 0) is 12.1 Å². The van der Waals surface area contributed by atoms with Gasteiger partial charge >= 0.3 is 0 Å². The van der Waals surface area contributed by atoms with Crippen LogP contribution in [0.15, 0.2) is 60.9 Å². The van der Waals surface area contributed by atoms with Gasteiger partial charge in [-0.3, -0.25) is 14.5 Å².